The minimum atomic E-state index is -0.0695. The number of carbonyl (C=O) groups is 1. The number of aromatic nitrogens is 1. The van der Waals surface area contributed by atoms with E-state index >= 15 is 0 Å². The molecule has 1 aromatic heterocycles. The molecule has 138 valence electrons. The van der Waals surface area contributed by atoms with Crippen molar-refractivity contribution in [2.45, 2.75) is 31.6 Å². The molecule has 1 aliphatic heterocycles. The third kappa shape index (κ3) is 3.72. The molecule has 2 heterocycles. The summed E-state index contributed by atoms with van der Waals surface area (Å²) in [7, 11) is 4.19. The minimum absolute atomic E-state index is 0.0695. The highest BCUT2D eigenvalue weighted by atomic mass is 32.2. The second-order valence-corrected chi connectivity index (χ2v) is 7.72. The average Bonchev–Trinajstić information content (AvgIpc) is 3.05. The Kier molecular flexibility index (Phi) is 5.55. The number of aryl methyl sites for hydroxylation is 1. The van der Waals surface area contributed by atoms with Crippen LogP contribution in [0.1, 0.15) is 34.5 Å². The van der Waals surface area contributed by atoms with Gasteiger partial charge in [0.05, 0.1) is 5.57 Å². The smallest absolute Gasteiger partial charge is 0.256 e. The number of aromatic amines is 1. The van der Waals surface area contributed by atoms with Crippen molar-refractivity contribution in [1.29, 1.82) is 0 Å². The molecule has 0 fully saturated rings. The Morgan fingerprint density at radius 1 is 1.27 bits per heavy atom. The Hall–Kier alpha value is -2.02. The molecule has 0 atom stereocenters. The number of anilines is 1. The first-order chi connectivity index (χ1) is 12.4. The molecule has 4 N–H and O–H groups in total. The van der Waals surface area contributed by atoms with E-state index in [-0.39, 0.29) is 5.91 Å². The van der Waals surface area contributed by atoms with Gasteiger partial charge in [0.1, 0.15) is 0 Å². The number of H-pyrrole nitrogens is 1. The van der Waals surface area contributed by atoms with E-state index in [4.69, 9.17) is 5.14 Å². The Balaban J connectivity index is 1.93. The molecule has 0 saturated carbocycles. The normalized spacial score (nSPS) is 15.0. The van der Waals surface area contributed by atoms with Crippen LogP contribution in [0, 0.1) is 13.8 Å². The Morgan fingerprint density at radius 3 is 2.73 bits per heavy atom. The van der Waals surface area contributed by atoms with Crippen molar-refractivity contribution >= 4 is 35.2 Å². The predicted molar refractivity (Wildman–Crippen MR) is 110 cm³/mol. The van der Waals surface area contributed by atoms with E-state index in [1.54, 1.807) is 0 Å². The molecule has 0 saturated heterocycles. The summed E-state index contributed by atoms with van der Waals surface area (Å²) in [6, 6.07) is 5.79. The maximum atomic E-state index is 12.4. The summed E-state index contributed by atoms with van der Waals surface area (Å²) in [4.78, 5) is 19.0. The fourth-order valence-electron chi connectivity index (χ4n) is 3.43. The van der Waals surface area contributed by atoms with Crippen LogP contribution in [0.4, 0.5) is 5.69 Å². The van der Waals surface area contributed by atoms with Gasteiger partial charge in [0.2, 0.25) is 0 Å². The van der Waals surface area contributed by atoms with E-state index in [2.05, 4.69) is 43.1 Å². The highest BCUT2D eigenvalue weighted by molar-refractivity contribution is 7.97. The van der Waals surface area contributed by atoms with Crippen molar-refractivity contribution in [2.75, 3.05) is 26.0 Å². The highest BCUT2D eigenvalue weighted by Crippen LogP contribution is 2.36. The van der Waals surface area contributed by atoms with Crippen molar-refractivity contribution in [1.82, 2.24) is 9.88 Å². The molecule has 2 aromatic rings. The molecule has 0 aliphatic carbocycles. The van der Waals surface area contributed by atoms with E-state index in [1.165, 1.54) is 28.8 Å². The van der Waals surface area contributed by atoms with Gasteiger partial charge in [0, 0.05) is 27.5 Å². The lowest BCUT2D eigenvalue weighted by atomic mass is 10.0. The molecule has 1 amide bonds. The molecule has 0 unspecified atom stereocenters. The molecule has 1 aromatic carbocycles. The quantitative estimate of drug-likeness (QED) is 0.537. The number of nitrogens with two attached hydrogens (primary N) is 1. The van der Waals surface area contributed by atoms with Gasteiger partial charge in [-0.05, 0) is 94.7 Å². The van der Waals surface area contributed by atoms with Gasteiger partial charge in [-0.25, -0.2) is 0 Å². The van der Waals surface area contributed by atoms with Crippen molar-refractivity contribution < 1.29 is 4.79 Å². The monoisotopic (exact) mass is 370 g/mol. The van der Waals surface area contributed by atoms with Gasteiger partial charge >= 0.3 is 0 Å². The van der Waals surface area contributed by atoms with Crippen molar-refractivity contribution in [3.63, 3.8) is 0 Å². The molecular weight excluding hydrogens is 344 g/mol. The van der Waals surface area contributed by atoms with Crippen LogP contribution in [0.5, 0.6) is 0 Å². The van der Waals surface area contributed by atoms with E-state index in [1.807, 2.05) is 24.3 Å². The van der Waals surface area contributed by atoms with Crippen LogP contribution in [0.25, 0.3) is 11.6 Å². The molecule has 0 bridgehead atoms. The van der Waals surface area contributed by atoms with Crippen LogP contribution in [0.2, 0.25) is 0 Å². The maximum absolute atomic E-state index is 12.4. The zero-order chi connectivity index (χ0) is 18.8. The Morgan fingerprint density at radius 2 is 2.04 bits per heavy atom. The van der Waals surface area contributed by atoms with Gasteiger partial charge in [0.25, 0.3) is 5.91 Å². The Bertz CT molecular complexity index is 867. The zero-order valence-corrected chi connectivity index (χ0v) is 16.6. The van der Waals surface area contributed by atoms with Crippen LogP contribution < -0.4 is 10.5 Å². The van der Waals surface area contributed by atoms with E-state index in [9.17, 15) is 4.79 Å². The van der Waals surface area contributed by atoms with E-state index < -0.39 is 0 Å². The number of fused-ring (bicyclic) bond motifs is 1. The molecule has 6 heteroatoms. The third-order valence-electron chi connectivity index (χ3n) is 4.86. The number of rotatable bonds is 6. The van der Waals surface area contributed by atoms with Gasteiger partial charge < -0.3 is 15.2 Å². The lowest BCUT2D eigenvalue weighted by Gasteiger charge is -2.09. The van der Waals surface area contributed by atoms with Crippen LogP contribution in [0.15, 0.2) is 23.1 Å². The van der Waals surface area contributed by atoms with Gasteiger partial charge in [-0.2, -0.15) is 0 Å². The van der Waals surface area contributed by atoms with E-state index in [0.29, 0.717) is 5.57 Å². The van der Waals surface area contributed by atoms with Crippen LogP contribution in [0.3, 0.4) is 0 Å². The highest BCUT2D eigenvalue weighted by Gasteiger charge is 2.25. The average molecular weight is 371 g/mol. The molecule has 5 nitrogen and oxygen atoms in total. The number of nitrogens with zero attached hydrogens (tertiary/aromatic N) is 1. The summed E-state index contributed by atoms with van der Waals surface area (Å²) >= 11 is 1.19. The summed E-state index contributed by atoms with van der Waals surface area (Å²) in [5.41, 5.74) is 7.18. The first-order valence-corrected chi connectivity index (χ1v) is 9.65. The summed E-state index contributed by atoms with van der Waals surface area (Å²) in [5.74, 6) is -0.0695. The third-order valence-corrected chi connectivity index (χ3v) is 5.39. The van der Waals surface area contributed by atoms with Crippen LogP contribution in [-0.2, 0) is 11.2 Å². The fourth-order valence-corrected chi connectivity index (χ4v) is 3.77. The largest absolute Gasteiger partial charge is 0.359 e. The molecule has 26 heavy (non-hydrogen) atoms. The van der Waals surface area contributed by atoms with Gasteiger partial charge in [-0.3, -0.25) is 9.93 Å². The second kappa shape index (κ2) is 7.70. The minimum Gasteiger partial charge on any atom is -0.359 e. The number of amides is 1. The summed E-state index contributed by atoms with van der Waals surface area (Å²) in [6.45, 7) is 5.29. The number of carbonyl (C=O) groups excluding carboxylic acids is 1. The zero-order valence-electron chi connectivity index (χ0n) is 15.8. The lowest BCUT2D eigenvalue weighted by Crippen LogP contribution is -2.13. The summed E-state index contributed by atoms with van der Waals surface area (Å²) in [6.07, 6.45) is 4.11. The number of hydrogen-bond donors (Lipinski definition) is 3. The SMILES string of the molecule is Cc1[nH]c(C=C2C(=O)Nc3ccc(SN)cc32)c(C)c1CCCN(C)C. The first kappa shape index (κ1) is 18.8. The number of nitrogens with one attached hydrogen (secondary N) is 2. The van der Waals surface area contributed by atoms with E-state index in [0.717, 1.165) is 41.2 Å². The van der Waals surface area contributed by atoms with Gasteiger partial charge in [-0.15, -0.1) is 0 Å². The number of hydrogen-bond acceptors (Lipinski definition) is 4. The van der Waals surface area contributed by atoms with Gasteiger partial charge in [0.15, 0.2) is 0 Å². The Labute approximate surface area is 159 Å². The lowest BCUT2D eigenvalue weighted by molar-refractivity contribution is -0.110. The summed E-state index contributed by atoms with van der Waals surface area (Å²) < 4.78 is 0. The number of benzene rings is 1. The molecular formula is C20H26N4OS. The van der Waals surface area contributed by atoms with Crippen molar-refractivity contribution in [3.8, 4) is 0 Å². The summed E-state index contributed by atoms with van der Waals surface area (Å²) in [5, 5.41) is 8.60. The first-order valence-electron chi connectivity index (χ1n) is 8.77. The van der Waals surface area contributed by atoms with Crippen LogP contribution in [-0.4, -0.2) is 36.4 Å². The molecule has 3 rings (SSSR count). The van der Waals surface area contributed by atoms with Crippen molar-refractivity contribution in [3.05, 3.63) is 46.3 Å². The topological polar surface area (TPSA) is 74.1 Å². The fraction of sp³-hybridized carbons (Fsp3) is 0.350. The maximum Gasteiger partial charge on any atom is 0.256 e. The standard InChI is InChI=1S/C20H26N4OS/c1-12-15(6-5-9-24(3)4)13(2)22-19(12)11-17-16-10-14(26-21)7-8-18(16)23-20(17)25/h7-8,10-11,22H,5-6,9,21H2,1-4H3,(H,23,25). The van der Waals surface area contributed by atoms with Crippen LogP contribution >= 0.6 is 11.9 Å². The second-order valence-electron chi connectivity index (χ2n) is 7.01. The van der Waals surface area contributed by atoms with Gasteiger partial charge in [-0.1, -0.05) is 0 Å². The van der Waals surface area contributed by atoms with Crippen molar-refractivity contribution in [2.24, 2.45) is 5.14 Å². The molecule has 0 spiro atoms. The molecule has 0 radical (unpaired) electrons. The molecule has 1 aliphatic rings. The predicted octanol–water partition coefficient (Wildman–Crippen LogP) is 3.58.